The third kappa shape index (κ3) is 4.50. The van der Waals surface area contributed by atoms with Crippen molar-refractivity contribution in [2.75, 3.05) is 12.0 Å². The van der Waals surface area contributed by atoms with Crippen LogP contribution in [0.4, 0.5) is 4.39 Å². The normalized spacial score (nSPS) is 12.6. The van der Waals surface area contributed by atoms with E-state index in [1.807, 2.05) is 0 Å². The van der Waals surface area contributed by atoms with Gasteiger partial charge in [-0.1, -0.05) is 23.9 Å². The molecule has 0 unspecified atom stereocenters. The van der Waals surface area contributed by atoms with E-state index in [0.29, 0.717) is 16.9 Å². The van der Waals surface area contributed by atoms with Crippen molar-refractivity contribution in [1.29, 1.82) is 0 Å². The summed E-state index contributed by atoms with van der Waals surface area (Å²) in [6.45, 7) is 0. The van der Waals surface area contributed by atoms with Crippen LogP contribution in [0.2, 0.25) is 0 Å². The molecular weight excluding hydrogens is 297 g/mol. The monoisotopic (exact) mass is 314 g/mol. The minimum Gasteiger partial charge on any atom is -0.410 e. The lowest BCUT2D eigenvalue weighted by atomic mass is 10.2. The number of benzene rings is 1. The standard InChI is InChI=1S/C13H16FN3OS2/c1-19-7-6-11(15)12-16-17-13(18-12)20-8-9-2-4-10(14)5-3-9/h2-5,11H,6-8,15H2,1H3/p+1/t11-/m0/s1. The second-order valence-corrected chi connectivity index (χ2v) is 6.21. The molecule has 0 aliphatic heterocycles. The number of hydrogen-bond donors (Lipinski definition) is 1. The Labute approximate surface area is 125 Å². The van der Waals surface area contributed by atoms with Gasteiger partial charge in [0.05, 0.1) is 0 Å². The molecule has 20 heavy (non-hydrogen) atoms. The molecule has 1 aromatic carbocycles. The summed E-state index contributed by atoms with van der Waals surface area (Å²) in [5.74, 6) is 2.05. The van der Waals surface area contributed by atoms with Crippen molar-refractivity contribution in [2.45, 2.75) is 23.4 Å². The van der Waals surface area contributed by atoms with E-state index in [-0.39, 0.29) is 11.9 Å². The summed E-state index contributed by atoms with van der Waals surface area (Å²) in [6, 6.07) is 6.44. The quantitative estimate of drug-likeness (QED) is 0.796. The fraction of sp³-hybridized carbons (Fsp3) is 0.385. The molecule has 0 aliphatic carbocycles. The molecule has 0 bridgehead atoms. The molecule has 3 N–H and O–H groups in total. The van der Waals surface area contributed by atoms with Crippen LogP contribution in [-0.2, 0) is 5.75 Å². The largest absolute Gasteiger partial charge is 0.410 e. The predicted molar refractivity (Wildman–Crippen MR) is 78.9 cm³/mol. The van der Waals surface area contributed by atoms with Crippen LogP contribution < -0.4 is 5.73 Å². The maximum atomic E-state index is 12.8. The summed E-state index contributed by atoms with van der Waals surface area (Å²) in [6.07, 6.45) is 2.98. The van der Waals surface area contributed by atoms with Crippen LogP contribution in [0.25, 0.3) is 0 Å². The Balaban J connectivity index is 1.87. The van der Waals surface area contributed by atoms with Gasteiger partial charge in [-0.25, -0.2) is 4.39 Å². The third-order valence-corrected chi connectivity index (χ3v) is 4.25. The van der Waals surface area contributed by atoms with E-state index in [1.54, 1.807) is 23.9 Å². The molecule has 0 saturated heterocycles. The Kier molecular flexibility index (Phi) is 5.87. The summed E-state index contributed by atoms with van der Waals surface area (Å²) in [5.41, 5.74) is 5.04. The lowest BCUT2D eigenvalue weighted by Gasteiger charge is -2.01. The van der Waals surface area contributed by atoms with Gasteiger partial charge in [-0.3, -0.25) is 0 Å². The van der Waals surface area contributed by atoms with Gasteiger partial charge in [0.25, 0.3) is 11.1 Å². The number of halogens is 1. The van der Waals surface area contributed by atoms with Crippen LogP contribution in [0.1, 0.15) is 23.9 Å². The van der Waals surface area contributed by atoms with Crippen LogP contribution in [-0.4, -0.2) is 22.2 Å². The number of thioether (sulfide) groups is 2. The van der Waals surface area contributed by atoms with Gasteiger partial charge in [-0.2, -0.15) is 11.8 Å². The molecule has 0 aliphatic rings. The van der Waals surface area contributed by atoms with Crippen LogP contribution in [0.15, 0.2) is 33.9 Å². The molecule has 0 fully saturated rings. The van der Waals surface area contributed by atoms with E-state index < -0.39 is 0 Å². The van der Waals surface area contributed by atoms with E-state index in [2.05, 4.69) is 22.2 Å². The van der Waals surface area contributed by atoms with E-state index in [1.165, 1.54) is 23.9 Å². The van der Waals surface area contributed by atoms with Crippen molar-refractivity contribution in [3.63, 3.8) is 0 Å². The highest BCUT2D eigenvalue weighted by Gasteiger charge is 2.17. The highest BCUT2D eigenvalue weighted by molar-refractivity contribution is 7.98. The Morgan fingerprint density at radius 2 is 2.05 bits per heavy atom. The van der Waals surface area contributed by atoms with Gasteiger partial charge in [-0.15, -0.1) is 10.2 Å². The Hall–Kier alpha value is -1.05. The van der Waals surface area contributed by atoms with E-state index in [4.69, 9.17) is 4.42 Å². The second-order valence-electron chi connectivity index (χ2n) is 4.30. The minimum absolute atomic E-state index is 0.0371. The number of rotatable bonds is 7. The first-order chi connectivity index (χ1) is 9.69. The molecule has 0 saturated carbocycles. The maximum absolute atomic E-state index is 12.8. The highest BCUT2D eigenvalue weighted by atomic mass is 32.2. The molecule has 0 radical (unpaired) electrons. The van der Waals surface area contributed by atoms with Crippen molar-refractivity contribution in [2.24, 2.45) is 0 Å². The number of hydrogen-bond acceptors (Lipinski definition) is 5. The average Bonchev–Trinajstić information content (AvgIpc) is 2.93. The van der Waals surface area contributed by atoms with Gasteiger partial charge in [0.2, 0.25) is 0 Å². The summed E-state index contributed by atoms with van der Waals surface area (Å²) in [4.78, 5) is 0. The summed E-state index contributed by atoms with van der Waals surface area (Å²) < 4.78 is 18.4. The number of quaternary nitrogens is 1. The maximum Gasteiger partial charge on any atom is 0.277 e. The molecule has 0 spiro atoms. The first kappa shape index (κ1) is 15.3. The Bertz CT molecular complexity index is 533. The predicted octanol–water partition coefficient (Wildman–Crippen LogP) is 2.54. The molecule has 1 heterocycles. The third-order valence-electron chi connectivity index (χ3n) is 2.72. The first-order valence-corrected chi connectivity index (χ1v) is 8.59. The van der Waals surface area contributed by atoms with E-state index in [0.717, 1.165) is 17.7 Å². The fourth-order valence-electron chi connectivity index (χ4n) is 1.55. The van der Waals surface area contributed by atoms with E-state index in [9.17, 15) is 4.39 Å². The van der Waals surface area contributed by atoms with Gasteiger partial charge in [0, 0.05) is 12.2 Å². The fourth-order valence-corrected chi connectivity index (χ4v) is 2.80. The summed E-state index contributed by atoms with van der Waals surface area (Å²) in [7, 11) is 0. The Morgan fingerprint density at radius 3 is 2.75 bits per heavy atom. The Morgan fingerprint density at radius 1 is 1.30 bits per heavy atom. The van der Waals surface area contributed by atoms with Crippen LogP contribution in [0.5, 0.6) is 0 Å². The molecule has 1 atom stereocenters. The zero-order valence-corrected chi connectivity index (χ0v) is 12.8. The molecule has 108 valence electrons. The molecule has 1 aromatic heterocycles. The summed E-state index contributed by atoms with van der Waals surface area (Å²) >= 11 is 3.22. The SMILES string of the molecule is CSCC[C@H]([NH3+])c1nnc(SCc2ccc(F)cc2)o1. The van der Waals surface area contributed by atoms with Crippen LogP contribution in [0.3, 0.4) is 0 Å². The van der Waals surface area contributed by atoms with Gasteiger partial charge >= 0.3 is 0 Å². The van der Waals surface area contributed by atoms with Crippen molar-refractivity contribution < 1.29 is 14.5 Å². The van der Waals surface area contributed by atoms with Crippen molar-refractivity contribution >= 4 is 23.5 Å². The van der Waals surface area contributed by atoms with Gasteiger partial charge in [0.1, 0.15) is 5.82 Å². The number of nitrogens with zero attached hydrogens (tertiary/aromatic N) is 2. The molecule has 0 amide bonds. The molecule has 2 aromatic rings. The minimum atomic E-state index is -0.229. The van der Waals surface area contributed by atoms with Gasteiger partial charge in [-0.05, 0) is 29.7 Å². The zero-order chi connectivity index (χ0) is 14.4. The molecule has 7 heteroatoms. The molecular formula is C13H17FN3OS2+. The zero-order valence-electron chi connectivity index (χ0n) is 11.2. The first-order valence-electron chi connectivity index (χ1n) is 6.21. The van der Waals surface area contributed by atoms with Crippen molar-refractivity contribution in [3.05, 3.63) is 41.5 Å². The lowest BCUT2D eigenvalue weighted by Crippen LogP contribution is -2.53. The summed E-state index contributed by atoms with van der Waals surface area (Å²) in [5, 5.41) is 8.56. The average molecular weight is 314 g/mol. The van der Waals surface area contributed by atoms with Crippen molar-refractivity contribution in [3.8, 4) is 0 Å². The van der Waals surface area contributed by atoms with Gasteiger partial charge < -0.3 is 10.2 Å². The van der Waals surface area contributed by atoms with Gasteiger partial charge in [0.15, 0.2) is 6.04 Å². The molecule has 2 rings (SSSR count). The van der Waals surface area contributed by atoms with Crippen LogP contribution >= 0.6 is 23.5 Å². The number of aromatic nitrogens is 2. The topological polar surface area (TPSA) is 66.6 Å². The highest BCUT2D eigenvalue weighted by Crippen LogP contribution is 2.23. The lowest BCUT2D eigenvalue weighted by molar-refractivity contribution is -0.432. The van der Waals surface area contributed by atoms with Crippen molar-refractivity contribution in [1.82, 2.24) is 10.2 Å². The van der Waals surface area contributed by atoms with Crippen LogP contribution in [0, 0.1) is 5.82 Å². The second kappa shape index (κ2) is 7.66. The van der Waals surface area contributed by atoms with E-state index >= 15 is 0 Å². The molecule has 4 nitrogen and oxygen atoms in total. The smallest absolute Gasteiger partial charge is 0.277 e.